The largest absolute Gasteiger partial charge is 0.390 e. The lowest BCUT2D eigenvalue weighted by atomic mass is 10.2. The summed E-state index contributed by atoms with van der Waals surface area (Å²) < 4.78 is 13.5. The van der Waals surface area contributed by atoms with Crippen molar-refractivity contribution in [3.05, 3.63) is 29.6 Å². The lowest BCUT2D eigenvalue weighted by molar-refractivity contribution is 0.0670. The fraction of sp³-hybridized carbons (Fsp3) is 0.588. The summed E-state index contributed by atoms with van der Waals surface area (Å²) in [5, 5.41) is 12.8. The number of hydrogen-bond acceptors (Lipinski definition) is 4. The van der Waals surface area contributed by atoms with E-state index in [4.69, 9.17) is 0 Å². The fourth-order valence-corrected chi connectivity index (χ4v) is 2.67. The van der Waals surface area contributed by atoms with Crippen molar-refractivity contribution in [2.75, 3.05) is 58.7 Å². The number of benzene rings is 1. The Bertz CT molecular complexity index is 562. The number of halogens is 1. The molecule has 1 fully saturated rings. The average molecular weight is 338 g/mol. The number of likely N-dealkylation sites (N-methyl/N-ethyl adjacent to an activating group) is 2. The number of urea groups is 1. The van der Waals surface area contributed by atoms with E-state index in [1.54, 1.807) is 26.1 Å². The highest BCUT2D eigenvalue weighted by atomic mass is 19.1. The highest BCUT2D eigenvalue weighted by Crippen LogP contribution is 2.14. The maximum absolute atomic E-state index is 13.5. The number of hydrogen-bond donors (Lipinski definition) is 2. The fourth-order valence-electron chi connectivity index (χ4n) is 2.67. The summed E-state index contributed by atoms with van der Waals surface area (Å²) in [7, 11) is 3.70. The predicted octanol–water partition coefficient (Wildman–Crippen LogP) is 1.21. The molecule has 0 saturated carbocycles. The van der Waals surface area contributed by atoms with Crippen LogP contribution >= 0.6 is 0 Å². The van der Waals surface area contributed by atoms with Crippen LogP contribution in [0, 0.1) is 12.7 Å². The summed E-state index contributed by atoms with van der Waals surface area (Å²) in [6.45, 7) is 6.27. The molecule has 0 bridgehead atoms. The number of anilines is 1. The Morgan fingerprint density at radius 2 is 2.04 bits per heavy atom. The van der Waals surface area contributed by atoms with Gasteiger partial charge in [0.2, 0.25) is 0 Å². The third-order valence-corrected chi connectivity index (χ3v) is 4.32. The van der Waals surface area contributed by atoms with Gasteiger partial charge >= 0.3 is 6.03 Å². The van der Waals surface area contributed by atoms with Crippen LogP contribution in [0.15, 0.2) is 18.2 Å². The molecule has 1 aliphatic rings. The monoisotopic (exact) mass is 338 g/mol. The molecular weight excluding hydrogens is 311 g/mol. The topological polar surface area (TPSA) is 59.1 Å². The first-order chi connectivity index (χ1) is 11.3. The molecule has 0 aliphatic carbocycles. The van der Waals surface area contributed by atoms with Crippen LogP contribution in [-0.2, 0) is 0 Å². The Morgan fingerprint density at radius 1 is 1.38 bits per heavy atom. The summed E-state index contributed by atoms with van der Waals surface area (Å²) >= 11 is 0. The van der Waals surface area contributed by atoms with Crippen molar-refractivity contribution in [2.24, 2.45) is 0 Å². The molecular formula is C17H27FN4O2. The molecule has 2 rings (SSSR count). The van der Waals surface area contributed by atoms with Crippen molar-refractivity contribution >= 4 is 11.7 Å². The highest BCUT2D eigenvalue weighted by molar-refractivity contribution is 5.89. The van der Waals surface area contributed by atoms with E-state index in [2.05, 4.69) is 22.2 Å². The van der Waals surface area contributed by atoms with Gasteiger partial charge in [0.15, 0.2) is 0 Å². The first-order valence-electron chi connectivity index (χ1n) is 8.22. The minimum absolute atomic E-state index is 0.229. The van der Waals surface area contributed by atoms with Crippen LogP contribution in [0.4, 0.5) is 14.9 Å². The van der Waals surface area contributed by atoms with Crippen molar-refractivity contribution in [2.45, 2.75) is 13.0 Å². The van der Waals surface area contributed by atoms with Gasteiger partial charge in [0.1, 0.15) is 5.82 Å². The lowest BCUT2D eigenvalue weighted by Crippen LogP contribution is -2.49. The van der Waals surface area contributed by atoms with Gasteiger partial charge in [-0.2, -0.15) is 0 Å². The van der Waals surface area contributed by atoms with Crippen molar-refractivity contribution in [1.29, 1.82) is 0 Å². The van der Waals surface area contributed by atoms with Crippen molar-refractivity contribution in [3.8, 4) is 0 Å². The molecule has 7 heteroatoms. The van der Waals surface area contributed by atoms with Crippen molar-refractivity contribution in [1.82, 2.24) is 14.7 Å². The van der Waals surface area contributed by atoms with E-state index in [0.717, 1.165) is 26.2 Å². The van der Waals surface area contributed by atoms with E-state index in [0.29, 0.717) is 17.8 Å². The number of aliphatic hydroxyl groups excluding tert-OH is 1. The number of amides is 2. The number of aryl methyl sites for hydroxylation is 1. The van der Waals surface area contributed by atoms with Crippen LogP contribution in [0.3, 0.4) is 0 Å². The smallest absolute Gasteiger partial charge is 0.321 e. The minimum Gasteiger partial charge on any atom is -0.390 e. The first-order valence-corrected chi connectivity index (χ1v) is 8.22. The van der Waals surface area contributed by atoms with Gasteiger partial charge in [0.05, 0.1) is 6.10 Å². The second-order valence-corrected chi connectivity index (χ2v) is 6.53. The molecule has 1 aliphatic heterocycles. The highest BCUT2D eigenvalue weighted by Gasteiger charge is 2.19. The lowest BCUT2D eigenvalue weighted by Gasteiger charge is -2.34. The van der Waals surface area contributed by atoms with Gasteiger partial charge in [-0.05, 0) is 31.7 Å². The number of β-amino-alcohol motifs (C(OH)–C–C–N with tert-alkyl or cyclic N) is 1. The standard InChI is InChI=1S/C17H27FN4O2/c1-13-4-5-14(10-16(13)18)19-17(24)21(3)11-15(23)12-22-8-6-20(2)7-9-22/h4-5,10,15,23H,6-9,11-12H2,1-3H3,(H,19,24). The predicted molar refractivity (Wildman–Crippen MR) is 92.7 cm³/mol. The molecule has 1 aromatic carbocycles. The molecule has 134 valence electrons. The average Bonchev–Trinajstić information content (AvgIpc) is 2.53. The Morgan fingerprint density at radius 3 is 2.67 bits per heavy atom. The van der Waals surface area contributed by atoms with Crippen LogP contribution in [0.25, 0.3) is 0 Å². The van der Waals surface area contributed by atoms with Crippen LogP contribution in [0.5, 0.6) is 0 Å². The van der Waals surface area contributed by atoms with E-state index in [-0.39, 0.29) is 18.4 Å². The molecule has 0 aromatic heterocycles. The van der Waals surface area contributed by atoms with E-state index in [1.165, 1.54) is 11.0 Å². The number of carbonyl (C=O) groups is 1. The molecule has 6 nitrogen and oxygen atoms in total. The Kier molecular flexibility index (Phi) is 6.53. The van der Waals surface area contributed by atoms with Crippen LogP contribution in [-0.4, -0.2) is 85.3 Å². The number of nitrogens with one attached hydrogen (secondary N) is 1. The van der Waals surface area contributed by atoms with Gasteiger partial charge in [-0.25, -0.2) is 9.18 Å². The molecule has 0 spiro atoms. The number of piperazine rings is 1. The second-order valence-electron chi connectivity index (χ2n) is 6.53. The Labute approximate surface area is 142 Å². The SMILES string of the molecule is Cc1ccc(NC(=O)N(C)CC(O)CN2CCN(C)CC2)cc1F. The Hall–Kier alpha value is -1.70. The third kappa shape index (κ3) is 5.43. The zero-order valence-corrected chi connectivity index (χ0v) is 14.6. The van der Waals surface area contributed by atoms with Crippen LogP contribution in [0.2, 0.25) is 0 Å². The molecule has 0 radical (unpaired) electrons. The van der Waals surface area contributed by atoms with Crippen molar-refractivity contribution in [3.63, 3.8) is 0 Å². The van der Waals surface area contributed by atoms with Gasteiger partial charge in [-0.3, -0.25) is 4.90 Å². The molecule has 1 atom stereocenters. The quantitative estimate of drug-likeness (QED) is 0.847. The summed E-state index contributed by atoms with van der Waals surface area (Å²) in [4.78, 5) is 18.0. The molecule has 1 saturated heterocycles. The summed E-state index contributed by atoms with van der Waals surface area (Å²) in [6, 6.07) is 4.20. The van der Waals surface area contributed by atoms with Gasteiger partial charge in [0, 0.05) is 52.0 Å². The zero-order chi connectivity index (χ0) is 17.7. The van der Waals surface area contributed by atoms with Gasteiger partial charge in [-0.1, -0.05) is 6.07 Å². The maximum Gasteiger partial charge on any atom is 0.321 e. The third-order valence-electron chi connectivity index (χ3n) is 4.32. The summed E-state index contributed by atoms with van der Waals surface area (Å²) in [6.07, 6.45) is -0.612. The number of nitrogens with zero attached hydrogens (tertiary/aromatic N) is 3. The van der Waals surface area contributed by atoms with Crippen molar-refractivity contribution < 1.29 is 14.3 Å². The number of aliphatic hydroxyl groups is 1. The van der Waals surface area contributed by atoms with E-state index >= 15 is 0 Å². The summed E-state index contributed by atoms with van der Waals surface area (Å²) in [5.74, 6) is -0.356. The number of rotatable bonds is 5. The maximum atomic E-state index is 13.5. The molecule has 1 heterocycles. The van der Waals surface area contributed by atoms with E-state index < -0.39 is 6.10 Å². The second kappa shape index (κ2) is 8.41. The molecule has 1 unspecified atom stereocenters. The van der Waals surface area contributed by atoms with Gasteiger partial charge in [0.25, 0.3) is 0 Å². The minimum atomic E-state index is -0.612. The van der Waals surface area contributed by atoms with Gasteiger partial charge in [-0.15, -0.1) is 0 Å². The summed E-state index contributed by atoms with van der Waals surface area (Å²) in [5.41, 5.74) is 0.937. The van der Waals surface area contributed by atoms with Crippen LogP contribution < -0.4 is 5.32 Å². The molecule has 2 amide bonds. The van der Waals surface area contributed by atoms with Crippen LogP contribution in [0.1, 0.15) is 5.56 Å². The Balaban J connectivity index is 1.78. The molecule has 24 heavy (non-hydrogen) atoms. The first kappa shape index (κ1) is 18.6. The zero-order valence-electron chi connectivity index (χ0n) is 14.6. The molecule has 2 N–H and O–H groups in total. The normalized spacial score (nSPS) is 17.5. The molecule has 1 aromatic rings. The van der Waals surface area contributed by atoms with E-state index in [1.807, 2.05) is 0 Å². The van der Waals surface area contributed by atoms with Gasteiger partial charge < -0.3 is 20.2 Å². The van der Waals surface area contributed by atoms with E-state index in [9.17, 15) is 14.3 Å². The number of carbonyl (C=O) groups excluding carboxylic acids is 1.